The molecular weight excluding hydrogens is 230 g/mol. The number of aliphatic carboxylic acids is 1. The SMILES string of the molecule is CC1CC(N2CCC(CCC(=O)O)C2)CC(C)O1. The number of hydrogen-bond donors (Lipinski definition) is 1. The highest BCUT2D eigenvalue weighted by Gasteiger charge is 2.33. The van der Waals surface area contributed by atoms with Gasteiger partial charge < -0.3 is 9.84 Å². The van der Waals surface area contributed by atoms with Crippen LogP contribution >= 0.6 is 0 Å². The van der Waals surface area contributed by atoms with E-state index in [2.05, 4.69) is 18.7 Å². The van der Waals surface area contributed by atoms with E-state index in [0.717, 1.165) is 38.8 Å². The smallest absolute Gasteiger partial charge is 0.303 e. The minimum Gasteiger partial charge on any atom is -0.481 e. The molecule has 2 aliphatic heterocycles. The predicted octanol–water partition coefficient (Wildman–Crippen LogP) is 2.13. The maximum absolute atomic E-state index is 10.6. The number of carbonyl (C=O) groups is 1. The second-order valence-electron chi connectivity index (χ2n) is 5.96. The molecule has 0 aromatic rings. The van der Waals surface area contributed by atoms with Gasteiger partial charge in [0.05, 0.1) is 12.2 Å². The van der Waals surface area contributed by atoms with Crippen LogP contribution in [0.2, 0.25) is 0 Å². The summed E-state index contributed by atoms with van der Waals surface area (Å²) in [5.74, 6) is -0.0867. The van der Waals surface area contributed by atoms with Crippen LogP contribution in [-0.2, 0) is 9.53 Å². The van der Waals surface area contributed by atoms with E-state index in [1.165, 1.54) is 0 Å². The summed E-state index contributed by atoms with van der Waals surface area (Å²) in [6.07, 6.45) is 5.27. The Bertz CT molecular complexity index is 285. The van der Waals surface area contributed by atoms with Gasteiger partial charge in [-0.05, 0) is 52.0 Å². The monoisotopic (exact) mass is 255 g/mol. The van der Waals surface area contributed by atoms with Crippen LogP contribution in [0.5, 0.6) is 0 Å². The largest absolute Gasteiger partial charge is 0.481 e. The summed E-state index contributed by atoms with van der Waals surface area (Å²) in [5.41, 5.74) is 0. The van der Waals surface area contributed by atoms with Crippen molar-refractivity contribution < 1.29 is 14.6 Å². The van der Waals surface area contributed by atoms with Gasteiger partial charge in [0.2, 0.25) is 0 Å². The molecule has 0 spiro atoms. The minimum atomic E-state index is -0.665. The molecule has 3 unspecified atom stereocenters. The van der Waals surface area contributed by atoms with Crippen LogP contribution in [0.25, 0.3) is 0 Å². The molecule has 0 bridgehead atoms. The first-order valence-corrected chi connectivity index (χ1v) is 7.16. The number of carboxylic acid groups (broad SMARTS) is 1. The maximum atomic E-state index is 10.6. The maximum Gasteiger partial charge on any atom is 0.303 e. The van der Waals surface area contributed by atoms with Gasteiger partial charge in [-0.2, -0.15) is 0 Å². The Balaban J connectivity index is 1.79. The third-order valence-corrected chi connectivity index (χ3v) is 4.27. The van der Waals surface area contributed by atoms with Crippen molar-refractivity contribution in [1.29, 1.82) is 0 Å². The van der Waals surface area contributed by atoms with Crippen molar-refractivity contribution in [3.05, 3.63) is 0 Å². The fourth-order valence-electron chi connectivity index (χ4n) is 3.43. The first-order chi connectivity index (χ1) is 8.54. The Hall–Kier alpha value is -0.610. The standard InChI is InChI=1S/C14H25NO3/c1-10-7-13(8-11(2)18-10)15-6-5-12(9-15)3-4-14(16)17/h10-13H,3-9H2,1-2H3,(H,16,17). The average Bonchev–Trinajstić information content (AvgIpc) is 2.73. The van der Waals surface area contributed by atoms with E-state index in [4.69, 9.17) is 9.84 Å². The average molecular weight is 255 g/mol. The molecule has 2 heterocycles. The van der Waals surface area contributed by atoms with Crippen molar-refractivity contribution in [3.8, 4) is 0 Å². The molecule has 2 aliphatic rings. The molecule has 0 amide bonds. The van der Waals surface area contributed by atoms with Crippen molar-refractivity contribution in [2.24, 2.45) is 5.92 Å². The van der Waals surface area contributed by atoms with Gasteiger partial charge >= 0.3 is 5.97 Å². The highest BCUT2D eigenvalue weighted by atomic mass is 16.5. The summed E-state index contributed by atoms with van der Waals surface area (Å²) < 4.78 is 5.78. The Labute approximate surface area is 109 Å². The zero-order valence-electron chi connectivity index (χ0n) is 11.5. The second-order valence-corrected chi connectivity index (χ2v) is 5.96. The zero-order chi connectivity index (χ0) is 13.1. The second kappa shape index (κ2) is 6.02. The molecular formula is C14H25NO3. The lowest BCUT2D eigenvalue weighted by molar-refractivity contribution is -0.137. The van der Waals surface area contributed by atoms with E-state index in [0.29, 0.717) is 30.6 Å². The molecule has 2 fully saturated rings. The molecule has 0 aromatic carbocycles. The first-order valence-electron chi connectivity index (χ1n) is 7.16. The third kappa shape index (κ3) is 3.69. The zero-order valence-corrected chi connectivity index (χ0v) is 11.5. The Morgan fingerprint density at radius 3 is 2.61 bits per heavy atom. The summed E-state index contributed by atoms with van der Waals surface area (Å²) in [5, 5.41) is 8.73. The van der Waals surface area contributed by atoms with Gasteiger partial charge in [0.25, 0.3) is 0 Å². The number of nitrogens with zero attached hydrogens (tertiary/aromatic N) is 1. The van der Waals surface area contributed by atoms with Crippen molar-refractivity contribution in [2.45, 2.75) is 64.2 Å². The van der Waals surface area contributed by atoms with Crippen LogP contribution in [0.15, 0.2) is 0 Å². The number of hydrogen-bond acceptors (Lipinski definition) is 3. The van der Waals surface area contributed by atoms with Crippen molar-refractivity contribution in [1.82, 2.24) is 4.90 Å². The van der Waals surface area contributed by atoms with E-state index in [9.17, 15) is 4.79 Å². The molecule has 1 N–H and O–H groups in total. The van der Waals surface area contributed by atoms with Crippen LogP contribution in [0.3, 0.4) is 0 Å². The summed E-state index contributed by atoms with van der Waals surface area (Å²) in [4.78, 5) is 13.2. The van der Waals surface area contributed by atoms with Gasteiger partial charge in [-0.3, -0.25) is 9.69 Å². The Kier molecular flexibility index (Phi) is 4.62. The third-order valence-electron chi connectivity index (χ3n) is 4.27. The molecule has 104 valence electrons. The number of likely N-dealkylation sites (tertiary alicyclic amines) is 1. The molecule has 2 rings (SSSR count). The molecule has 2 saturated heterocycles. The van der Waals surface area contributed by atoms with Crippen LogP contribution in [0, 0.1) is 5.92 Å². The summed E-state index contributed by atoms with van der Waals surface area (Å²) in [7, 11) is 0. The lowest BCUT2D eigenvalue weighted by atomic mass is 9.98. The molecule has 0 aromatic heterocycles. The van der Waals surface area contributed by atoms with Crippen LogP contribution in [0.4, 0.5) is 0 Å². The normalized spacial score (nSPS) is 37.9. The summed E-state index contributed by atoms with van der Waals surface area (Å²) >= 11 is 0. The molecule has 4 heteroatoms. The van der Waals surface area contributed by atoms with Crippen molar-refractivity contribution in [3.63, 3.8) is 0 Å². The van der Waals surface area contributed by atoms with Crippen LogP contribution < -0.4 is 0 Å². The fraction of sp³-hybridized carbons (Fsp3) is 0.929. The van der Waals surface area contributed by atoms with Crippen LogP contribution in [-0.4, -0.2) is 47.3 Å². The van der Waals surface area contributed by atoms with Gasteiger partial charge in [-0.15, -0.1) is 0 Å². The highest BCUT2D eigenvalue weighted by molar-refractivity contribution is 5.66. The molecule has 0 radical (unpaired) electrons. The molecule has 4 nitrogen and oxygen atoms in total. The molecule has 18 heavy (non-hydrogen) atoms. The number of rotatable bonds is 4. The first kappa shape index (κ1) is 13.8. The van der Waals surface area contributed by atoms with Gasteiger partial charge in [-0.1, -0.05) is 0 Å². The molecule has 0 aliphatic carbocycles. The quantitative estimate of drug-likeness (QED) is 0.836. The summed E-state index contributed by atoms with van der Waals surface area (Å²) in [6, 6.07) is 0.638. The predicted molar refractivity (Wildman–Crippen MR) is 69.6 cm³/mol. The highest BCUT2D eigenvalue weighted by Crippen LogP contribution is 2.29. The topological polar surface area (TPSA) is 49.8 Å². The van der Waals surface area contributed by atoms with Gasteiger partial charge in [0.15, 0.2) is 0 Å². The van der Waals surface area contributed by atoms with Gasteiger partial charge in [0.1, 0.15) is 0 Å². The minimum absolute atomic E-state index is 0.319. The molecule has 0 saturated carbocycles. The van der Waals surface area contributed by atoms with E-state index in [1.54, 1.807) is 0 Å². The number of carboxylic acids is 1. The Morgan fingerprint density at radius 2 is 2.00 bits per heavy atom. The van der Waals surface area contributed by atoms with Crippen molar-refractivity contribution >= 4 is 5.97 Å². The van der Waals surface area contributed by atoms with E-state index >= 15 is 0 Å². The van der Waals surface area contributed by atoms with Crippen molar-refractivity contribution in [2.75, 3.05) is 13.1 Å². The van der Waals surface area contributed by atoms with Crippen LogP contribution in [0.1, 0.15) is 46.0 Å². The summed E-state index contributed by atoms with van der Waals surface area (Å²) in [6.45, 7) is 6.52. The van der Waals surface area contributed by atoms with Gasteiger partial charge in [-0.25, -0.2) is 0 Å². The molecule has 3 atom stereocenters. The van der Waals surface area contributed by atoms with Gasteiger partial charge in [0, 0.05) is 19.0 Å². The van der Waals surface area contributed by atoms with E-state index < -0.39 is 5.97 Å². The lowest BCUT2D eigenvalue weighted by Gasteiger charge is -2.37. The fourth-order valence-corrected chi connectivity index (χ4v) is 3.43. The Morgan fingerprint density at radius 1 is 1.33 bits per heavy atom. The number of ether oxygens (including phenoxy) is 1. The lowest BCUT2D eigenvalue weighted by Crippen LogP contribution is -2.43. The van der Waals surface area contributed by atoms with E-state index in [1.807, 2.05) is 0 Å². The van der Waals surface area contributed by atoms with E-state index in [-0.39, 0.29) is 0 Å².